The van der Waals surface area contributed by atoms with Crippen LogP contribution in [-0.4, -0.2) is 30.7 Å². The first-order valence-electron chi connectivity index (χ1n) is 17.6. The highest BCUT2D eigenvalue weighted by atomic mass is 19.4. The van der Waals surface area contributed by atoms with Crippen LogP contribution in [0.1, 0.15) is 85.0 Å². The number of nitrogen functional groups attached to an aromatic ring is 2. The van der Waals surface area contributed by atoms with Gasteiger partial charge in [0.25, 0.3) is 0 Å². The third-order valence-corrected chi connectivity index (χ3v) is 13.0. The largest absolute Gasteiger partial charge is 0.490 e. The molecular formula is C38H50F4N2O4. The maximum absolute atomic E-state index is 13.3. The van der Waals surface area contributed by atoms with Crippen molar-refractivity contribution in [2.45, 2.75) is 110 Å². The van der Waals surface area contributed by atoms with Gasteiger partial charge in [-0.15, -0.1) is 0 Å². The third kappa shape index (κ3) is 6.82. The van der Waals surface area contributed by atoms with Crippen molar-refractivity contribution in [3.8, 4) is 11.5 Å². The fourth-order valence-corrected chi connectivity index (χ4v) is 10.8. The van der Waals surface area contributed by atoms with Crippen molar-refractivity contribution in [2.75, 3.05) is 11.5 Å². The summed E-state index contributed by atoms with van der Waals surface area (Å²) in [6.07, 6.45) is -0.491. The van der Waals surface area contributed by atoms with E-state index in [0.29, 0.717) is 47.4 Å². The van der Waals surface area contributed by atoms with E-state index in [-0.39, 0.29) is 35.4 Å². The number of esters is 1. The molecule has 0 saturated heterocycles. The number of carbonyl (C=O) groups is 1. The van der Waals surface area contributed by atoms with Gasteiger partial charge in [-0.05, 0) is 122 Å². The van der Waals surface area contributed by atoms with Gasteiger partial charge in [0, 0.05) is 35.8 Å². The summed E-state index contributed by atoms with van der Waals surface area (Å²) in [5, 5.41) is 0. The predicted molar refractivity (Wildman–Crippen MR) is 177 cm³/mol. The molecule has 48 heavy (non-hydrogen) atoms. The molecular weight excluding hydrogens is 624 g/mol. The van der Waals surface area contributed by atoms with Crippen LogP contribution in [0.3, 0.4) is 0 Å². The lowest BCUT2D eigenvalue weighted by Crippen LogP contribution is -2.59. The lowest BCUT2D eigenvalue weighted by molar-refractivity contribution is -0.258. The molecule has 4 aliphatic rings. The average molecular weight is 675 g/mol. The van der Waals surface area contributed by atoms with E-state index in [1.807, 2.05) is 48.5 Å². The first kappa shape index (κ1) is 34.7. The molecule has 2 aromatic carbocycles. The van der Waals surface area contributed by atoms with E-state index in [9.17, 15) is 22.4 Å². The molecule has 0 bridgehead atoms. The molecule has 4 unspecified atom stereocenters. The van der Waals surface area contributed by atoms with E-state index >= 15 is 0 Å². The van der Waals surface area contributed by atoms with Crippen LogP contribution in [0.15, 0.2) is 48.5 Å². The van der Waals surface area contributed by atoms with E-state index in [1.54, 1.807) is 0 Å². The number of hydrogen-bond acceptors (Lipinski definition) is 6. The van der Waals surface area contributed by atoms with Crippen LogP contribution in [0.25, 0.3) is 0 Å². The Morgan fingerprint density at radius 1 is 0.875 bits per heavy atom. The number of nitrogens with two attached hydrogens (primary N) is 2. The van der Waals surface area contributed by atoms with Crippen LogP contribution < -0.4 is 20.9 Å². The predicted octanol–water partition coefficient (Wildman–Crippen LogP) is 9.13. The number of hydrogen-bond donors (Lipinski definition) is 2. The summed E-state index contributed by atoms with van der Waals surface area (Å²) in [5.41, 5.74) is 13.7. The van der Waals surface area contributed by atoms with Crippen molar-refractivity contribution in [1.82, 2.24) is 0 Å². The number of anilines is 2. The van der Waals surface area contributed by atoms with E-state index in [2.05, 4.69) is 25.5 Å². The van der Waals surface area contributed by atoms with Crippen molar-refractivity contribution < 1.29 is 36.6 Å². The average Bonchev–Trinajstić information content (AvgIpc) is 3.37. The summed E-state index contributed by atoms with van der Waals surface area (Å²) in [4.78, 5) is 12.1. The molecule has 11 atom stereocenters. The number of benzene rings is 2. The summed E-state index contributed by atoms with van der Waals surface area (Å²) in [5.74, 6) is 2.63. The van der Waals surface area contributed by atoms with Gasteiger partial charge in [-0.1, -0.05) is 32.9 Å². The molecule has 2 aromatic rings. The van der Waals surface area contributed by atoms with Gasteiger partial charge >= 0.3 is 18.5 Å². The quantitative estimate of drug-likeness (QED) is 0.157. The Labute approximate surface area is 281 Å². The second kappa shape index (κ2) is 13.3. The topological polar surface area (TPSA) is 96.8 Å². The van der Waals surface area contributed by atoms with Crippen LogP contribution in [0.2, 0.25) is 0 Å². The maximum atomic E-state index is 13.3. The molecule has 0 amide bonds. The zero-order valence-electron chi connectivity index (χ0n) is 28.2. The Bertz CT molecular complexity index is 1460. The lowest BCUT2D eigenvalue weighted by Gasteiger charge is -2.63. The molecule has 4 aliphatic carbocycles. The molecule has 0 aliphatic heterocycles. The van der Waals surface area contributed by atoms with Gasteiger partial charge in [-0.2, -0.15) is 17.6 Å². The summed E-state index contributed by atoms with van der Waals surface area (Å²) in [7, 11) is 0. The molecule has 0 spiro atoms. The van der Waals surface area contributed by atoms with Gasteiger partial charge in [0.15, 0.2) is 0 Å². The smallest absolute Gasteiger partial charge is 0.457 e. The third-order valence-electron chi connectivity index (χ3n) is 13.0. The van der Waals surface area contributed by atoms with Gasteiger partial charge in [0.05, 0.1) is 6.10 Å². The van der Waals surface area contributed by atoms with Crippen molar-refractivity contribution >= 4 is 17.3 Å². The molecule has 4 N–H and O–H groups in total. The van der Waals surface area contributed by atoms with Crippen molar-refractivity contribution in [1.29, 1.82) is 0 Å². The van der Waals surface area contributed by atoms with Gasteiger partial charge < -0.3 is 25.7 Å². The Balaban J connectivity index is 1.20. The first-order chi connectivity index (χ1) is 22.7. The molecule has 10 heteroatoms. The standard InChI is InChI=1S/C38H50F4N2O4/c1-22(10-13-34(45)48-35(39)38(40,41)42)29-11-12-30-28-21-33(47-26-9-5-7-24(44)19-26)32-20-27(46-25-8-4-6-23(43)18-25)14-16-37(32,3)31(28)15-17-36(29,30)2/h4-9,18-19,22,27-33,35H,10-17,20-21,43-44H2,1-3H3/t22-,27?,28+,29-,30+,31+,32?,33?,35?,36-,37-/m1/s1. The Hall–Kier alpha value is -3.17. The minimum absolute atomic E-state index is 0.0128. The van der Waals surface area contributed by atoms with E-state index < -0.39 is 18.5 Å². The van der Waals surface area contributed by atoms with Crippen LogP contribution in [0.4, 0.5) is 28.9 Å². The first-order valence-corrected chi connectivity index (χ1v) is 17.6. The van der Waals surface area contributed by atoms with Gasteiger partial charge in [-0.3, -0.25) is 4.79 Å². The zero-order valence-corrected chi connectivity index (χ0v) is 28.2. The molecule has 6 rings (SSSR count). The Kier molecular flexibility index (Phi) is 9.59. The Morgan fingerprint density at radius 3 is 2.15 bits per heavy atom. The van der Waals surface area contributed by atoms with E-state index in [1.165, 1.54) is 0 Å². The summed E-state index contributed by atoms with van der Waals surface area (Å²) >= 11 is 0. The number of halogens is 4. The molecule has 264 valence electrons. The number of rotatable bonds is 9. The minimum atomic E-state index is -5.21. The normalized spacial score (nSPS) is 35.8. The number of carbonyl (C=O) groups excluding carboxylic acids is 1. The highest BCUT2D eigenvalue weighted by molar-refractivity contribution is 5.69. The summed E-state index contributed by atoms with van der Waals surface area (Å²) in [6.45, 7) is 6.95. The highest BCUT2D eigenvalue weighted by Crippen LogP contribution is 2.68. The monoisotopic (exact) mass is 674 g/mol. The second-order valence-corrected chi connectivity index (χ2v) is 15.6. The minimum Gasteiger partial charge on any atom is -0.490 e. The molecule has 4 fully saturated rings. The van der Waals surface area contributed by atoms with Gasteiger partial charge in [-0.25, -0.2) is 0 Å². The number of alkyl halides is 4. The van der Waals surface area contributed by atoms with Crippen molar-refractivity contribution in [2.24, 2.45) is 46.3 Å². The molecule has 6 nitrogen and oxygen atoms in total. The number of fused-ring (bicyclic) bond motifs is 5. The summed E-state index contributed by atoms with van der Waals surface area (Å²) in [6, 6.07) is 15.3. The van der Waals surface area contributed by atoms with E-state index in [4.69, 9.17) is 20.9 Å². The van der Waals surface area contributed by atoms with Crippen molar-refractivity contribution in [3.05, 3.63) is 48.5 Å². The van der Waals surface area contributed by atoms with E-state index in [0.717, 1.165) is 62.9 Å². The van der Waals surface area contributed by atoms with Crippen LogP contribution in [-0.2, 0) is 9.53 Å². The van der Waals surface area contributed by atoms with Gasteiger partial charge in [0.2, 0.25) is 0 Å². The fourth-order valence-electron chi connectivity index (χ4n) is 10.8. The highest BCUT2D eigenvalue weighted by Gasteiger charge is 2.63. The Morgan fingerprint density at radius 2 is 1.50 bits per heavy atom. The zero-order chi connectivity index (χ0) is 34.4. The van der Waals surface area contributed by atoms with Crippen LogP contribution >= 0.6 is 0 Å². The fraction of sp³-hybridized carbons (Fsp3) is 0.658. The lowest BCUT2D eigenvalue weighted by atomic mass is 9.43. The second-order valence-electron chi connectivity index (χ2n) is 15.6. The SMILES string of the molecule is C[C@H](CCC(=O)OC(F)C(F)(F)F)[C@H]1CC[C@H]2[C@@H]3CC(Oc4cccc(N)c4)C4CC(Oc5cccc(N)c5)CC[C@]4(C)[C@H]3CC[C@]12C. The van der Waals surface area contributed by atoms with Gasteiger partial charge in [0.1, 0.15) is 17.6 Å². The molecule has 0 radical (unpaired) electrons. The molecule has 0 aromatic heterocycles. The number of ether oxygens (including phenoxy) is 3. The molecule has 0 heterocycles. The van der Waals surface area contributed by atoms with Crippen LogP contribution in [0.5, 0.6) is 11.5 Å². The van der Waals surface area contributed by atoms with Crippen molar-refractivity contribution in [3.63, 3.8) is 0 Å². The van der Waals surface area contributed by atoms with Crippen LogP contribution in [0, 0.1) is 46.3 Å². The summed E-state index contributed by atoms with van der Waals surface area (Å²) < 4.78 is 68.5. The molecule has 4 saturated carbocycles. The maximum Gasteiger partial charge on any atom is 0.457 e.